The fraction of sp³-hybridized carbons (Fsp3) is 0.267. The molecule has 1 unspecified atom stereocenters. The van der Waals surface area contributed by atoms with Crippen LogP contribution in [0.1, 0.15) is 28.4 Å². The van der Waals surface area contributed by atoms with E-state index in [-0.39, 0.29) is 5.91 Å². The minimum Gasteiger partial charge on any atom is -0.366 e. The monoisotopic (exact) mass is 274 g/mol. The predicted octanol–water partition coefficient (Wildman–Crippen LogP) is 2.57. The molecule has 1 amide bonds. The van der Waals surface area contributed by atoms with E-state index in [1.54, 1.807) is 17.4 Å². The Kier molecular flexibility index (Phi) is 4.71. The normalized spacial score (nSPS) is 12.3. The molecule has 1 aromatic heterocycles. The van der Waals surface area contributed by atoms with Crippen LogP contribution in [0.5, 0.6) is 0 Å². The fourth-order valence-corrected chi connectivity index (χ4v) is 2.72. The zero-order valence-corrected chi connectivity index (χ0v) is 11.7. The van der Waals surface area contributed by atoms with Gasteiger partial charge in [-0.15, -0.1) is 0 Å². The summed E-state index contributed by atoms with van der Waals surface area (Å²) in [6.07, 6.45) is 0.988. The first-order valence-corrected chi connectivity index (χ1v) is 7.23. The van der Waals surface area contributed by atoms with Gasteiger partial charge in [0, 0.05) is 18.2 Å². The maximum absolute atomic E-state index is 11.3. The first-order chi connectivity index (χ1) is 9.16. The molecule has 3 nitrogen and oxygen atoms in total. The van der Waals surface area contributed by atoms with E-state index >= 15 is 0 Å². The third kappa shape index (κ3) is 3.91. The molecule has 0 saturated carbocycles. The van der Waals surface area contributed by atoms with Crippen molar-refractivity contribution >= 4 is 17.2 Å². The molecule has 0 fully saturated rings. The van der Waals surface area contributed by atoms with Gasteiger partial charge in [0.1, 0.15) is 0 Å². The first kappa shape index (κ1) is 13.8. The molecule has 4 heteroatoms. The predicted molar refractivity (Wildman–Crippen MR) is 79.3 cm³/mol. The van der Waals surface area contributed by atoms with Crippen molar-refractivity contribution in [1.29, 1.82) is 0 Å². The number of nitrogens with two attached hydrogens (primary N) is 1. The lowest BCUT2D eigenvalue weighted by Crippen LogP contribution is -2.28. The first-order valence-electron chi connectivity index (χ1n) is 6.29. The summed E-state index contributed by atoms with van der Waals surface area (Å²) < 4.78 is 0. The standard InChI is InChI=1S/C15H18N2OS/c1-11(8-12-6-7-19-10-12)17-9-13-4-2-3-5-14(13)15(16)18/h2-7,10-11,17H,8-9H2,1H3,(H2,16,18). The summed E-state index contributed by atoms with van der Waals surface area (Å²) in [6, 6.07) is 9.95. The van der Waals surface area contributed by atoms with Gasteiger partial charge in [0.15, 0.2) is 0 Å². The lowest BCUT2D eigenvalue weighted by molar-refractivity contribution is 0.0999. The van der Waals surface area contributed by atoms with E-state index in [1.807, 2.05) is 18.2 Å². The summed E-state index contributed by atoms with van der Waals surface area (Å²) in [5, 5.41) is 7.68. The molecule has 2 rings (SSSR count). The van der Waals surface area contributed by atoms with Crippen LogP contribution in [0.2, 0.25) is 0 Å². The Balaban J connectivity index is 1.93. The van der Waals surface area contributed by atoms with Gasteiger partial charge in [-0.05, 0) is 47.4 Å². The summed E-state index contributed by atoms with van der Waals surface area (Å²) in [6.45, 7) is 2.80. The molecule has 1 heterocycles. The van der Waals surface area contributed by atoms with Crippen LogP contribution < -0.4 is 11.1 Å². The minimum atomic E-state index is -0.372. The van der Waals surface area contributed by atoms with Crippen LogP contribution in [0.3, 0.4) is 0 Å². The van der Waals surface area contributed by atoms with Crippen molar-refractivity contribution in [2.45, 2.75) is 25.9 Å². The molecular formula is C15H18N2OS. The zero-order valence-electron chi connectivity index (χ0n) is 10.9. The molecular weight excluding hydrogens is 256 g/mol. The molecule has 1 aromatic carbocycles. The molecule has 19 heavy (non-hydrogen) atoms. The smallest absolute Gasteiger partial charge is 0.249 e. The van der Waals surface area contributed by atoms with Crippen LogP contribution >= 0.6 is 11.3 Å². The van der Waals surface area contributed by atoms with Crippen LogP contribution in [0, 0.1) is 0 Å². The molecule has 0 aliphatic carbocycles. The highest BCUT2D eigenvalue weighted by Crippen LogP contribution is 2.11. The molecule has 100 valence electrons. The lowest BCUT2D eigenvalue weighted by Gasteiger charge is -2.14. The summed E-state index contributed by atoms with van der Waals surface area (Å²) in [5.41, 5.74) is 8.25. The fourth-order valence-electron chi connectivity index (χ4n) is 2.03. The Morgan fingerprint density at radius 2 is 2.16 bits per heavy atom. The van der Waals surface area contributed by atoms with E-state index in [2.05, 4.69) is 29.1 Å². The van der Waals surface area contributed by atoms with Crippen LogP contribution in [-0.4, -0.2) is 11.9 Å². The topological polar surface area (TPSA) is 55.1 Å². The molecule has 1 atom stereocenters. The van der Waals surface area contributed by atoms with Gasteiger partial charge in [-0.3, -0.25) is 4.79 Å². The number of rotatable bonds is 6. The molecule has 0 radical (unpaired) electrons. The van der Waals surface area contributed by atoms with Gasteiger partial charge >= 0.3 is 0 Å². The Morgan fingerprint density at radius 3 is 2.84 bits per heavy atom. The Labute approximate surface area is 117 Å². The SMILES string of the molecule is CC(Cc1ccsc1)NCc1ccccc1C(N)=O. The number of thiophene rings is 1. The number of hydrogen-bond donors (Lipinski definition) is 2. The highest BCUT2D eigenvalue weighted by molar-refractivity contribution is 7.07. The van der Waals surface area contributed by atoms with Crippen LogP contribution in [-0.2, 0) is 13.0 Å². The summed E-state index contributed by atoms with van der Waals surface area (Å²) in [4.78, 5) is 11.3. The van der Waals surface area contributed by atoms with Crippen molar-refractivity contribution in [2.24, 2.45) is 5.73 Å². The maximum Gasteiger partial charge on any atom is 0.249 e. The van der Waals surface area contributed by atoms with Crippen molar-refractivity contribution in [1.82, 2.24) is 5.32 Å². The molecule has 2 aromatic rings. The van der Waals surface area contributed by atoms with Gasteiger partial charge in [0.25, 0.3) is 0 Å². The van der Waals surface area contributed by atoms with Crippen LogP contribution in [0.15, 0.2) is 41.1 Å². The second-order valence-corrected chi connectivity index (χ2v) is 5.42. The molecule has 0 aliphatic heterocycles. The largest absolute Gasteiger partial charge is 0.366 e. The quantitative estimate of drug-likeness (QED) is 0.850. The molecule has 0 saturated heterocycles. The van der Waals surface area contributed by atoms with Crippen LogP contribution in [0.4, 0.5) is 0 Å². The molecule has 0 aliphatic rings. The average Bonchev–Trinajstić information content (AvgIpc) is 2.89. The van der Waals surface area contributed by atoms with Gasteiger partial charge in [0.2, 0.25) is 5.91 Å². The van der Waals surface area contributed by atoms with Crippen molar-refractivity contribution in [3.63, 3.8) is 0 Å². The van der Waals surface area contributed by atoms with Crippen molar-refractivity contribution in [2.75, 3.05) is 0 Å². The summed E-state index contributed by atoms with van der Waals surface area (Å²) >= 11 is 1.71. The van der Waals surface area contributed by atoms with Crippen LogP contribution in [0.25, 0.3) is 0 Å². The van der Waals surface area contributed by atoms with Gasteiger partial charge in [0.05, 0.1) is 0 Å². The van der Waals surface area contributed by atoms with Gasteiger partial charge < -0.3 is 11.1 Å². The van der Waals surface area contributed by atoms with E-state index < -0.39 is 0 Å². The van der Waals surface area contributed by atoms with Crippen molar-refractivity contribution in [3.8, 4) is 0 Å². The van der Waals surface area contributed by atoms with Gasteiger partial charge in [-0.25, -0.2) is 0 Å². The lowest BCUT2D eigenvalue weighted by atomic mass is 10.1. The maximum atomic E-state index is 11.3. The van der Waals surface area contributed by atoms with Gasteiger partial charge in [-0.2, -0.15) is 11.3 Å². The van der Waals surface area contributed by atoms with Gasteiger partial charge in [-0.1, -0.05) is 18.2 Å². The Morgan fingerprint density at radius 1 is 1.37 bits per heavy atom. The molecule has 0 spiro atoms. The van der Waals surface area contributed by atoms with E-state index in [4.69, 9.17) is 5.73 Å². The number of nitrogens with one attached hydrogen (secondary N) is 1. The van der Waals surface area contributed by atoms with E-state index in [0.29, 0.717) is 18.2 Å². The highest BCUT2D eigenvalue weighted by Gasteiger charge is 2.08. The average molecular weight is 274 g/mol. The summed E-state index contributed by atoms with van der Waals surface area (Å²) in [5.74, 6) is -0.372. The molecule has 0 bridgehead atoms. The third-order valence-electron chi connectivity index (χ3n) is 3.05. The van der Waals surface area contributed by atoms with Crippen molar-refractivity contribution in [3.05, 3.63) is 57.8 Å². The van der Waals surface area contributed by atoms with Crippen molar-refractivity contribution < 1.29 is 4.79 Å². The Bertz CT molecular complexity index is 537. The molecule has 3 N–H and O–H groups in total. The second-order valence-electron chi connectivity index (χ2n) is 4.64. The number of carbonyl (C=O) groups is 1. The Hall–Kier alpha value is -1.65. The number of amides is 1. The third-order valence-corrected chi connectivity index (χ3v) is 3.78. The number of hydrogen-bond acceptors (Lipinski definition) is 3. The number of carbonyl (C=O) groups excluding carboxylic acids is 1. The minimum absolute atomic E-state index is 0.357. The number of primary amides is 1. The van der Waals surface area contributed by atoms with E-state index in [0.717, 1.165) is 12.0 Å². The highest BCUT2D eigenvalue weighted by atomic mass is 32.1. The van der Waals surface area contributed by atoms with E-state index in [1.165, 1.54) is 5.56 Å². The number of benzene rings is 1. The summed E-state index contributed by atoms with van der Waals surface area (Å²) in [7, 11) is 0. The van der Waals surface area contributed by atoms with E-state index in [9.17, 15) is 4.79 Å². The second kappa shape index (κ2) is 6.50. The zero-order chi connectivity index (χ0) is 13.7.